The molecule has 1 aromatic heterocycles. The number of rotatable bonds is 5. The number of hydrogen-bond donors (Lipinski definition) is 2. The Kier molecular flexibility index (Phi) is 4.06. The monoisotopic (exact) mass is 262 g/mol. The minimum absolute atomic E-state index is 0.0195. The fourth-order valence-electron chi connectivity index (χ4n) is 1.84. The summed E-state index contributed by atoms with van der Waals surface area (Å²) in [5, 5.41) is 3.59. The number of carbonyl (C=O) groups is 1. The summed E-state index contributed by atoms with van der Waals surface area (Å²) in [7, 11) is 0. The number of ether oxygens (including phenoxy) is 1. The van der Waals surface area contributed by atoms with Gasteiger partial charge >= 0.3 is 0 Å². The quantitative estimate of drug-likeness (QED) is 0.809. The number of nitrogens with one attached hydrogen (secondary N) is 1. The normalized spacial score (nSPS) is 12.5. The van der Waals surface area contributed by atoms with Crippen molar-refractivity contribution in [2.45, 2.75) is 20.0 Å². The van der Waals surface area contributed by atoms with Crippen molar-refractivity contribution in [1.82, 2.24) is 5.32 Å². The molecule has 0 aliphatic carbocycles. The van der Waals surface area contributed by atoms with Crippen LogP contribution < -0.4 is 11.1 Å². The molecule has 0 aliphatic rings. The van der Waals surface area contributed by atoms with Crippen molar-refractivity contribution >= 4 is 22.6 Å². The smallest absolute Gasteiger partial charge is 0.287 e. The van der Waals surface area contributed by atoms with E-state index in [9.17, 15) is 4.79 Å². The Bertz CT molecular complexity index is 577. The molecule has 1 aromatic carbocycles. The van der Waals surface area contributed by atoms with E-state index in [-0.39, 0.29) is 17.8 Å². The van der Waals surface area contributed by atoms with Crippen LogP contribution in [0.4, 0.5) is 5.69 Å². The highest BCUT2D eigenvalue weighted by molar-refractivity contribution is 5.96. The van der Waals surface area contributed by atoms with Gasteiger partial charge in [0.25, 0.3) is 5.91 Å². The molecule has 0 aliphatic heterocycles. The first-order valence-electron chi connectivity index (χ1n) is 6.29. The Hall–Kier alpha value is -2.01. The van der Waals surface area contributed by atoms with Crippen LogP contribution in [0.2, 0.25) is 0 Å². The van der Waals surface area contributed by atoms with Crippen molar-refractivity contribution in [2.75, 3.05) is 18.9 Å². The highest BCUT2D eigenvalue weighted by atomic mass is 16.5. The lowest BCUT2D eigenvalue weighted by Crippen LogP contribution is -2.31. The van der Waals surface area contributed by atoms with Gasteiger partial charge < -0.3 is 20.2 Å². The van der Waals surface area contributed by atoms with Gasteiger partial charge in [0.05, 0.1) is 6.10 Å². The second kappa shape index (κ2) is 5.75. The van der Waals surface area contributed by atoms with Crippen LogP contribution in [0.15, 0.2) is 28.7 Å². The summed E-state index contributed by atoms with van der Waals surface area (Å²) < 4.78 is 10.8. The van der Waals surface area contributed by atoms with E-state index in [1.165, 1.54) is 0 Å². The minimum Gasteiger partial charge on any atom is -0.451 e. The fraction of sp³-hybridized carbons (Fsp3) is 0.357. The standard InChI is InChI=1S/C14H18N2O3/c1-3-18-9(2)8-16-14(17)13-7-10-6-11(15)4-5-12(10)19-13/h4-7,9H,3,8,15H2,1-2H3,(H,16,17). The molecule has 5 nitrogen and oxygen atoms in total. The van der Waals surface area contributed by atoms with Crippen molar-refractivity contribution in [3.8, 4) is 0 Å². The molecule has 3 N–H and O–H groups in total. The van der Waals surface area contributed by atoms with Gasteiger partial charge in [-0.1, -0.05) is 0 Å². The van der Waals surface area contributed by atoms with Gasteiger partial charge in [-0.2, -0.15) is 0 Å². The van der Waals surface area contributed by atoms with E-state index in [1.807, 2.05) is 13.8 Å². The lowest BCUT2D eigenvalue weighted by molar-refractivity contribution is 0.0685. The molecule has 102 valence electrons. The minimum atomic E-state index is -0.249. The van der Waals surface area contributed by atoms with Gasteiger partial charge in [-0.25, -0.2) is 0 Å². The lowest BCUT2D eigenvalue weighted by atomic mass is 10.2. The summed E-state index contributed by atoms with van der Waals surface area (Å²) in [6, 6.07) is 6.96. The lowest BCUT2D eigenvalue weighted by Gasteiger charge is -2.11. The summed E-state index contributed by atoms with van der Waals surface area (Å²) in [4.78, 5) is 11.9. The summed E-state index contributed by atoms with van der Waals surface area (Å²) in [6.45, 7) is 4.90. The van der Waals surface area contributed by atoms with E-state index in [0.29, 0.717) is 24.4 Å². The molecule has 0 bridgehead atoms. The summed E-state index contributed by atoms with van der Waals surface area (Å²) in [5.41, 5.74) is 6.98. The topological polar surface area (TPSA) is 77.5 Å². The maximum atomic E-state index is 11.9. The number of carbonyl (C=O) groups excluding carboxylic acids is 1. The molecule has 0 spiro atoms. The molecule has 0 saturated carbocycles. The molecule has 2 aromatic rings. The van der Waals surface area contributed by atoms with Gasteiger partial charge in [0.1, 0.15) is 5.58 Å². The van der Waals surface area contributed by atoms with Crippen molar-refractivity contribution in [3.05, 3.63) is 30.0 Å². The van der Waals surface area contributed by atoms with Crippen LogP contribution in [0.1, 0.15) is 24.4 Å². The molecule has 0 radical (unpaired) electrons. The predicted molar refractivity (Wildman–Crippen MR) is 74.0 cm³/mol. The molecule has 2 rings (SSSR count). The molecular weight excluding hydrogens is 244 g/mol. The number of fused-ring (bicyclic) bond motifs is 1. The van der Waals surface area contributed by atoms with Crippen LogP contribution in [-0.2, 0) is 4.74 Å². The maximum Gasteiger partial charge on any atom is 0.287 e. The second-order valence-corrected chi connectivity index (χ2v) is 4.38. The summed E-state index contributed by atoms with van der Waals surface area (Å²) >= 11 is 0. The van der Waals surface area contributed by atoms with Crippen molar-refractivity contribution in [2.24, 2.45) is 0 Å². The first-order valence-corrected chi connectivity index (χ1v) is 6.29. The second-order valence-electron chi connectivity index (χ2n) is 4.38. The van der Waals surface area contributed by atoms with Gasteiger partial charge in [-0.3, -0.25) is 4.79 Å². The zero-order valence-electron chi connectivity index (χ0n) is 11.1. The highest BCUT2D eigenvalue weighted by Gasteiger charge is 2.13. The third-order valence-electron chi connectivity index (χ3n) is 2.77. The van der Waals surface area contributed by atoms with E-state index >= 15 is 0 Å². The molecule has 1 amide bonds. The molecule has 19 heavy (non-hydrogen) atoms. The van der Waals surface area contributed by atoms with Crippen molar-refractivity contribution in [3.63, 3.8) is 0 Å². The first kappa shape index (κ1) is 13.4. The number of nitrogens with two attached hydrogens (primary N) is 1. The zero-order chi connectivity index (χ0) is 13.8. The van der Waals surface area contributed by atoms with Crippen molar-refractivity contribution in [1.29, 1.82) is 0 Å². The zero-order valence-corrected chi connectivity index (χ0v) is 11.1. The number of anilines is 1. The molecule has 1 unspecified atom stereocenters. The van der Waals surface area contributed by atoms with Crippen LogP contribution in [0.5, 0.6) is 0 Å². The largest absolute Gasteiger partial charge is 0.451 e. The van der Waals surface area contributed by atoms with Gasteiger partial charge in [0, 0.05) is 24.2 Å². The van der Waals surface area contributed by atoms with E-state index < -0.39 is 0 Å². The fourth-order valence-corrected chi connectivity index (χ4v) is 1.84. The Balaban J connectivity index is 2.05. The van der Waals surface area contributed by atoms with E-state index in [1.54, 1.807) is 24.3 Å². The SMILES string of the molecule is CCOC(C)CNC(=O)c1cc2cc(N)ccc2o1. The number of furan rings is 1. The van der Waals surface area contributed by atoms with E-state index in [4.69, 9.17) is 14.9 Å². The van der Waals surface area contributed by atoms with Crippen LogP contribution in [-0.4, -0.2) is 25.2 Å². The molecule has 0 saturated heterocycles. The van der Waals surface area contributed by atoms with E-state index in [2.05, 4.69) is 5.32 Å². The molecule has 1 heterocycles. The summed E-state index contributed by atoms with van der Waals surface area (Å²) in [5.74, 6) is 0.0330. The number of nitrogen functional groups attached to an aromatic ring is 1. The third-order valence-corrected chi connectivity index (χ3v) is 2.77. The van der Waals surface area contributed by atoms with Gasteiger partial charge in [-0.05, 0) is 38.1 Å². The van der Waals surface area contributed by atoms with E-state index in [0.717, 1.165) is 5.39 Å². The molecule has 5 heteroatoms. The van der Waals surface area contributed by atoms with Crippen LogP contribution in [0, 0.1) is 0 Å². The summed E-state index contributed by atoms with van der Waals surface area (Å²) in [6.07, 6.45) is -0.0195. The average Bonchev–Trinajstić information content (AvgIpc) is 2.79. The number of hydrogen-bond acceptors (Lipinski definition) is 4. The highest BCUT2D eigenvalue weighted by Crippen LogP contribution is 2.21. The van der Waals surface area contributed by atoms with Gasteiger partial charge in [0.2, 0.25) is 0 Å². The molecule has 0 fully saturated rings. The first-order chi connectivity index (χ1) is 9.10. The Labute approximate surface area is 111 Å². The average molecular weight is 262 g/mol. The number of benzene rings is 1. The van der Waals surface area contributed by atoms with Crippen LogP contribution in [0.3, 0.4) is 0 Å². The number of amides is 1. The molecular formula is C14H18N2O3. The Morgan fingerprint density at radius 3 is 3.00 bits per heavy atom. The van der Waals surface area contributed by atoms with Crippen molar-refractivity contribution < 1.29 is 13.9 Å². The van der Waals surface area contributed by atoms with Gasteiger partial charge in [0.15, 0.2) is 5.76 Å². The van der Waals surface area contributed by atoms with Crippen LogP contribution in [0.25, 0.3) is 11.0 Å². The third kappa shape index (κ3) is 3.26. The Morgan fingerprint density at radius 1 is 1.47 bits per heavy atom. The van der Waals surface area contributed by atoms with Gasteiger partial charge in [-0.15, -0.1) is 0 Å². The Morgan fingerprint density at radius 2 is 2.26 bits per heavy atom. The molecule has 1 atom stereocenters. The maximum absolute atomic E-state index is 11.9. The van der Waals surface area contributed by atoms with Crippen LogP contribution >= 0.6 is 0 Å². The predicted octanol–water partition coefficient (Wildman–Crippen LogP) is 2.17.